The predicted molar refractivity (Wildman–Crippen MR) is 122 cm³/mol. The zero-order valence-corrected chi connectivity index (χ0v) is 18.7. The fourth-order valence-electron chi connectivity index (χ4n) is 4.92. The van der Waals surface area contributed by atoms with E-state index >= 15 is 0 Å². The lowest BCUT2D eigenvalue weighted by molar-refractivity contribution is -0.137. The maximum atomic E-state index is 13.0. The number of amides is 1. The highest BCUT2D eigenvalue weighted by Gasteiger charge is 2.30. The molecule has 1 atom stereocenters. The number of piperidine rings is 1. The number of aryl methyl sites for hydroxylation is 1. The van der Waals surface area contributed by atoms with Crippen molar-refractivity contribution in [1.82, 2.24) is 9.88 Å². The molecule has 0 spiro atoms. The minimum absolute atomic E-state index is 0.198. The predicted octanol–water partition coefficient (Wildman–Crippen LogP) is 5.82. The fourth-order valence-corrected chi connectivity index (χ4v) is 4.92. The van der Waals surface area contributed by atoms with Crippen LogP contribution in [-0.4, -0.2) is 28.9 Å². The van der Waals surface area contributed by atoms with Gasteiger partial charge in [-0.1, -0.05) is 41.5 Å². The molecule has 1 amide bonds. The standard InChI is InChI=1S/C27H34N2O/c1-19-8-10-25(16-21(19)3)27(30)29-14-12-23(13-15-29)26-11-9-22(18-28-26)17-24-7-5-4-6-20(24)2/h4-7,9,11,18,23,25H,8,10,12-17H2,1-3H3. The number of aromatic nitrogens is 1. The Morgan fingerprint density at radius 1 is 1.00 bits per heavy atom. The summed E-state index contributed by atoms with van der Waals surface area (Å²) >= 11 is 0. The van der Waals surface area contributed by atoms with Crippen LogP contribution in [0.3, 0.4) is 0 Å². The molecule has 1 fully saturated rings. The molecule has 1 saturated heterocycles. The smallest absolute Gasteiger partial charge is 0.226 e. The quantitative estimate of drug-likeness (QED) is 0.604. The third-order valence-corrected chi connectivity index (χ3v) is 7.23. The lowest BCUT2D eigenvalue weighted by atomic mass is 9.83. The van der Waals surface area contributed by atoms with Crippen LogP contribution >= 0.6 is 0 Å². The van der Waals surface area contributed by atoms with Crippen LogP contribution in [0.15, 0.2) is 53.7 Å². The Morgan fingerprint density at radius 2 is 1.77 bits per heavy atom. The van der Waals surface area contributed by atoms with Gasteiger partial charge in [-0.05, 0) is 82.1 Å². The second-order valence-electron chi connectivity index (χ2n) is 9.29. The second-order valence-corrected chi connectivity index (χ2v) is 9.29. The van der Waals surface area contributed by atoms with Gasteiger partial charge < -0.3 is 4.90 Å². The molecule has 2 aromatic rings. The first kappa shape index (κ1) is 20.8. The van der Waals surface area contributed by atoms with Gasteiger partial charge >= 0.3 is 0 Å². The van der Waals surface area contributed by atoms with Crippen molar-refractivity contribution < 1.29 is 4.79 Å². The van der Waals surface area contributed by atoms with Gasteiger partial charge in [-0.25, -0.2) is 0 Å². The Labute approximate surface area is 181 Å². The van der Waals surface area contributed by atoms with Gasteiger partial charge in [0.25, 0.3) is 0 Å². The lowest BCUT2D eigenvalue weighted by Crippen LogP contribution is -2.42. The molecule has 0 saturated carbocycles. The first-order chi connectivity index (χ1) is 14.5. The van der Waals surface area contributed by atoms with Crippen molar-refractivity contribution in [3.8, 4) is 0 Å². The van der Waals surface area contributed by atoms with E-state index in [2.05, 4.69) is 62.1 Å². The van der Waals surface area contributed by atoms with Crippen LogP contribution in [0.2, 0.25) is 0 Å². The second kappa shape index (κ2) is 9.16. The largest absolute Gasteiger partial charge is 0.342 e. The summed E-state index contributed by atoms with van der Waals surface area (Å²) in [7, 11) is 0. The van der Waals surface area contributed by atoms with Crippen molar-refractivity contribution in [2.75, 3.05) is 13.1 Å². The van der Waals surface area contributed by atoms with Crippen molar-refractivity contribution >= 4 is 5.91 Å². The summed E-state index contributed by atoms with van der Waals surface area (Å²) in [6.45, 7) is 8.30. The Kier molecular flexibility index (Phi) is 6.36. The molecule has 30 heavy (non-hydrogen) atoms. The van der Waals surface area contributed by atoms with Crippen LogP contribution < -0.4 is 0 Å². The molecular weight excluding hydrogens is 368 g/mol. The Hall–Kier alpha value is -2.42. The van der Waals surface area contributed by atoms with Gasteiger partial charge in [0.05, 0.1) is 0 Å². The van der Waals surface area contributed by atoms with Crippen molar-refractivity contribution in [1.29, 1.82) is 0 Å². The molecule has 158 valence electrons. The number of hydrogen-bond acceptors (Lipinski definition) is 2. The van der Waals surface area contributed by atoms with Gasteiger partial charge in [0.15, 0.2) is 0 Å². The van der Waals surface area contributed by atoms with Gasteiger partial charge in [-0.3, -0.25) is 9.78 Å². The van der Waals surface area contributed by atoms with E-state index in [9.17, 15) is 4.79 Å². The first-order valence-electron chi connectivity index (χ1n) is 11.4. The van der Waals surface area contributed by atoms with E-state index in [4.69, 9.17) is 4.98 Å². The zero-order valence-electron chi connectivity index (χ0n) is 18.7. The molecular formula is C27H34N2O. The van der Waals surface area contributed by atoms with Crippen LogP contribution in [0, 0.1) is 12.8 Å². The molecule has 0 bridgehead atoms. The molecule has 3 heteroatoms. The number of carbonyl (C=O) groups excluding carboxylic acids is 1. The zero-order chi connectivity index (χ0) is 21.1. The highest BCUT2D eigenvalue weighted by atomic mass is 16.2. The van der Waals surface area contributed by atoms with E-state index < -0.39 is 0 Å². The van der Waals surface area contributed by atoms with Crippen molar-refractivity contribution in [3.63, 3.8) is 0 Å². The topological polar surface area (TPSA) is 33.2 Å². The highest BCUT2D eigenvalue weighted by Crippen LogP contribution is 2.33. The van der Waals surface area contributed by atoms with Crippen LogP contribution in [0.4, 0.5) is 0 Å². The molecule has 1 aliphatic heterocycles. The number of pyridine rings is 1. The maximum absolute atomic E-state index is 13.0. The highest BCUT2D eigenvalue weighted by molar-refractivity contribution is 5.79. The average molecular weight is 403 g/mol. The Morgan fingerprint density at radius 3 is 2.43 bits per heavy atom. The first-order valence-corrected chi connectivity index (χ1v) is 11.4. The minimum Gasteiger partial charge on any atom is -0.342 e. The lowest BCUT2D eigenvalue weighted by Gasteiger charge is -2.35. The monoisotopic (exact) mass is 402 g/mol. The van der Waals surface area contributed by atoms with Crippen LogP contribution in [0.25, 0.3) is 0 Å². The average Bonchev–Trinajstić information content (AvgIpc) is 2.77. The van der Waals surface area contributed by atoms with E-state index in [1.54, 1.807) is 0 Å². The molecule has 1 aromatic carbocycles. The molecule has 3 nitrogen and oxygen atoms in total. The van der Waals surface area contributed by atoms with Crippen molar-refractivity contribution in [2.45, 2.75) is 65.2 Å². The number of likely N-dealkylation sites (tertiary alicyclic amines) is 1. The summed E-state index contributed by atoms with van der Waals surface area (Å²) in [6.07, 6.45) is 8.07. The Balaban J connectivity index is 1.32. The SMILES string of the molecule is CC1=C(C)CC(C(=O)N2CCC(c3ccc(Cc4ccccc4C)cn3)CC2)CC1. The summed E-state index contributed by atoms with van der Waals surface area (Å²) in [5.41, 5.74) is 8.04. The van der Waals surface area contributed by atoms with Gasteiger partial charge in [0.1, 0.15) is 0 Å². The number of nitrogens with zero attached hydrogens (tertiary/aromatic N) is 2. The number of benzene rings is 1. The van der Waals surface area contributed by atoms with Crippen LogP contribution in [0.1, 0.15) is 74.3 Å². The van der Waals surface area contributed by atoms with E-state index in [-0.39, 0.29) is 5.92 Å². The van der Waals surface area contributed by atoms with E-state index in [1.165, 1.54) is 33.5 Å². The summed E-state index contributed by atoms with van der Waals surface area (Å²) in [5, 5.41) is 0. The van der Waals surface area contributed by atoms with Crippen molar-refractivity contribution in [3.05, 3.63) is 76.1 Å². The van der Waals surface area contributed by atoms with Crippen LogP contribution in [0.5, 0.6) is 0 Å². The maximum Gasteiger partial charge on any atom is 0.226 e. The molecule has 1 unspecified atom stereocenters. The van der Waals surface area contributed by atoms with Crippen molar-refractivity contribution in [2.24, 2.45) is 5.92 Å². The van der Waals surface area contributed by atoms with Gasteiger partial charge in [-0.15, -0.1) is 0 Å². The molecule has 4 rings (SSSR count). The summed E-state index contributed by atoms with van der Waals surface area (Å²) in [5.74, 6) is 1.04. The fraction of sp³-hybridized carbons (Fsp3) is 0.481. The minimum atomic E-state index is 0.198. The number of rotatable bonds is 4. The normalized spacial score (nSPS) is 20.5. The van der Waals surface area contributed by atoms with E-state index in [0.29, 0.717) is 11.8 Å². The third-order valence-electron chi connectivity index (χ3n) is 7.23. The van der Waals surface area contributed by atoms with Gasteiger partial charge in [0, 0.05) is 36.8 Å². The van der Waals surface area contributed by atoms with Gasteiger partial charge in [-0.2, -0.15) is 0 Å². The molecule has 2 heterocycles. The van der Waals surface area contributed by atoms with Gasteiger partial charge in [0.2, 0.25) is 5.91 Å². The summed E-state index contributed by atoms with van der Waals surface area (Å²) < 4.78 is 0. The molecule has 1 aliphatic carbocycles. The summed E-state index contributed by atoms with van der Waals surface area (Å²) in [4.78, 5) is 19.9. The molecule has 1 aromatic heterocycles. The van der Waals surface area contributed by atoms with E-state index in [0.717, 1.165) is 51.6 Å². The Bertz CT molecular complexity index is 920. The molecule has 2 aliphatic rings. The molecule has 0 N–H and O–H groups in total. The van der Waals surface area contributed by atoms with E-state index in [1.807, 2.05) is 6.20 Å². The third kappa shape index (κ3) is 4.66. The summed E-state index contributed by atoms with van der Waals surface area (Å²) in [6, 6.07) is 13.0. The molecule has 0 radical (unpaired) electrons. The number of carbonyl (C=O) groups is 1. The number of allylic oxidation sites excluding steroid dienone is 2. The number of hydrogen-bond donors (Lipinski definition) is 0. The van der Waals surface area contributed by atoms with Crippen LogP contribution in [-0.2, 0) is 11.2 Å².